The van der Waals surface area contributed by atoms with Gasteiger partial charge in [-0.05, 0) is 92.5 Å². The highest BCUT2D eigenvalue weighted by atomic mass is 15.1. The Hall–Kier alpha value is -5.08. The van der Waals surface area contributed by atoms with Gasteiger partial charge in [-0.25, -0.2) is 0 Å². The first-order valence-electron chi connectivity index (χ1n) is 15.5. The second-order valence-electron chi connectivity index (χ2n) is 13.2. The standard InChI is InChI=1S/C42H36N2/c1-41(2)35-18-10-8-16-31(35)32-24-22-29(26-37(32)41)44(28-13-6-5-7-14-28)39-20-12-17-34-33-23-21-27(30-15-9-11-19-38(30)43)25-36(33)42(3,4)40(34)39/h5-26H,43H2,1-4H3. The molecular weight excluding hydrogens is 532 g/mol. The van der Waals surface area contributed by atoms with Gasteiger partial charge in [-0.15, -0.1) is 0 Å². The number of nitrogens with zero attached hydrogens (tertiary/aromatic N) is 1. The van der Waals surface area contributed by atoms with Crippen molar-refractivity contribution in [1.82, 2.24) is 0 Å². The molecule has 0 atom stereocenters. The first-order chi connectivity index (χ1) is 21.3. The summed E-state index contributed by atoms with van der Waals surface area (Å²) in [5.41, 5.74) is 23.4. The molecular formula is C42H36N2. The van der Waals surface area contributed by atoms with Gasteiger partial charge in [0.15, 0.2) is 0 Å². The van der Waals surface area contributed by atoms with Gasteiger partial charge in [0.25, 0.3) is 0 Å². The first kappa shape index (κ1) is 26.5. The van der Waals surface area contributed by atoms with E-state index in [-0.39, 0.29) is 10.8 Å². The van der Waals surface area contributed by atoms with E-state index >= 15 is 0 Å². The highest BCUT2D eigenvalue weighted by Crippen LogP contribution is 2.56. The number of rotatable bonds is 4. The normalized spacial score (nSPS) is 14.8. The van der Waals surface area contributed by atoms with Crippen LogP contribution in [0.4, 0.5) is 22.7 Å². The molecule has 2 aliphatic carbocycles. The summed E-state index contributed by atoms with van der Waals surface area (Å²) in [6.45, 7) is 9.44. The van der Waals surface area contributed by atoms with Crippen LogP contribution in [0.5, 0.6) is 0 Å². The summed E-state index contributed by atoms with van der Waals surface area (Å²) in [4.78, 5) is 2.46. The second-order valence-corrected chi connectivity index (χ2v) is 13.2. The summed E-state index contributed by atoms with van der Waals surface area (Å²) in [7, 11) is 0. The molecule has 214 valence electrons. The van der Waals surface area contributed by atoms with Crippen molar-refractivity contribution < 1.29 is 0 Å². The van der Waals surface area contributed by atoms with Crippen LogP contribution in [0.3, 0.4) is 0 Å². The Labute approximate surface area is 260 Å². The summed E-state index contributed by atoms with van der Waals surface area (Å²) in [6, 6.07) is 48.5. The number of hydrogen-bond donors (Lipinski definition) is 1. The van der Waals surface area contributed by atoms with Crippen LogP contribution in [0.2, 0.25) is 0 Å². The molecule has 0 saturated carbocycles. The average molecular weight is 569 g/mol. The molecule has 0 saturated heterocycles. The number of fused-ring (bicyclic) bond motifs is 6. The van der Waals surface area contributed by atoms with Crippen LogP contribution < -0.4 is 10.6 Å². The third-order valence-corrected chi connectivity index (χ3v) is 10.0. The number of anilines is 4. The van der Waals surface area contributed by atoms with E-state index in [4.69, 9.17) is 5.73 Å². The molecule has 0 bridgehead atoms. The van der Waals surface area contributed by atoms with Crippen LogP contribution in [0.15, 0.2) is 133 Å². The van der Waals surface area contributed by atoms with Gasteiger partial charge in [-0.1, -0.05) is 119 Å². The van der Waals surface area contributed by atoms with E-state index in [1.807, 2.05) is 12.1 Å². The smallest absolute Gasteiger partial charge is 0.0508 e. The maximum atomic E-state index is 6.42. The van der Waals surface area contributed by atoms with E-state index in [1.54, 1.807) is 0 Å². The Morgan fingerprint density at radius 3 is 1.86 bits per heavy atom. The fourth-order valence-corrected chi connectivity index (χ4v) is 7.80. The topological polar surface area (TPSA) is 29.3 Å². The molecule has 2 heteroatoms. The second kappa shape index (κ2) is 9.46. The van der Waals surface area contributed by atoms with Gasteiger partial charge in [-0.2, -0.15) is 0 Å². The molecule has 0 aliphatic heterocycles. The highest BCUT2D eigenvalue weighted by molar-refractivity contribution is 5.93. The van der Waals surface area contributed by atoms with Gasteiger partial charge in [0.05, 0.1) is 5.69 Å². The van der Waals surface area contributed by atoms with Gasteiger partial charge in [0.2, 0.25) is 0 Å². The maximum absolute atomic E-state index is 6.42. The largest absolute Gasteiger partial charge is 0.398 e. The lowest BCUT2D eigenvalue weighted by Crippen LogP contribution is -2.21. The zero-order valence-electron chi connectivity index (χ0n) is 25.7. The van der Waals surface area contributed by atoms with Gasteiger partial charge < -0.3 is 10.6 Å². The van der Waals surface area contributed by atoms with E-state index in [9.17, 15) is 0 Å². The Morgan fingerprint density at radius 2 is 1.07 bits per heavy atom. The van der Waals surface area contributed by atoms with Crippen molar-refractivity contribution in [2.75, 3.05) is 10.6 Å². The number of hydrogen-bond acceptors (Lipinski definition) is 2. The van der Waals surface area contributed by atoms with Crippen LogP contribution >= 0.6 is 0 Å². The Kier molecular flexibility index (Phi) is 5.71. The zero-order valence-corrected chi connectivity index (χ0v) is 25.7. The van der Waals surface area contributed by atoms with Gasteiger partial charge in [0.1, 0.15) is 0 Å². The van der Waals surface area contributed by atoms with Gasteiger partial charge in [0, 0.05) is 33.5 Å². The molecule has 44 heavy (non-hydrogen) atoms. The molecule has 0 fully saturated rings. The lowest BCUT2D eigenvalue weighted by atomic mass is 9.80. The highest BCUT2D eigenvalue weighted by Gasteiger charge is 2.40. The summed E-state index contributed by atoms with van der Waals surface area (Å²) < 4.78 is 0. The van der Waals surface area contributed by atoms with Crippen LogP contribution in [0, 0.1) is 0 Å². The Morgan fingerprint density at radius 1 is 0.455 bits per heavy atom. The van der Waals surface area contributed by atoms with Crippen molar-refractivity contribution in [3.05, 3.63) is 156 Å². The van der Waals surface area contributed by atoms with E-state index in [1.165, 1.54) is 55.9 Å². The number of nitrogens with two attached hydrogens (primary N) is 1. The van der Waals surface area contributed by atoms with Crippen molar-refractivity contribution >= 4 is 22.7 Å². The fraction of sp³-hybridized carbons (Fsp3) is 0.143. The molecule has 0 radical (unpaired) electrons. The fourth-order valence-electron chi connectivity index (χ4n) is 7.80. The van der Waals surface area contributed by atoms with E-state index in [0.717, 1.165) is 22.5 Å². The number of benzene rings is 6. The lowest BCUT2D eigenvalue weighted by molar-refractivity contribution is 0.658. The minimum absolute atomic E-state index is 0.0753. The summed E-state index contributed by atoms with van der Waals surface area (Å²) in [6.07, 6.45) is 0. The summed E-state index contributed by atoms with van der Waals surface area (Å²) in [5, 5.41) is 0. The summed E-state index contributed by atoms with van der Waals surface area (Å²) in [5.74, 6) is 0. The molecule has 0 unspecified atom stereocenters. The van der Waals surface area contributed by atoms with Crippen molar-refractivity contribution in [3.63, 3.8) is 0 Å². The third-order valence-electron chi connectivity index (χ3n) is 10.0. The molecule has 0 amide bonds. The molecule has 2 aliphatic rings. The van der Waals surface area contributed by atoms with Crippen molar-refractivity contribution in [2.24, 2.45) is 0 Å². The van der Waals surface area contributed by atoms with E-state index in [0.29, 0.717) is 0 Å². The van der Waals surface area contributed by atoms with Gasteiger partial charge >= 0.3 is 0 Å². The third kappa shape index (κ3) is 3.74. The Bertz CT molecular complexity index is 2080. The van der Waals surface area contributed by atoms with E-state index in [2.05, 4.69) is 154 Å². The molecule has 0 spiro atoms. The van der Waals surface area contributed by atoms with Crippen molar-refractivity contribution in [2.45, 2.75) is 38.5 Å². The molecule has 0 aromatic heterocycles. The van der Waals surface area contributed by atoms with Crippen molar-refractivity contribution in [3.8, 4) is 33.4 Å². The number of para-hydroxylation sites is 2. The minimum atomic E-state index is -0.222. The zero-order chi connectivity index (χ0) is 30.2. The first-order valence-corrected chi connectivity index (χ1v) is 15.5. The molecule has 8 rings (SSSR count). The number of nitrogen functional groups attached to an aromatic ring is 1. The van der Waals surface area contributed by atoms with Crippen LogP contribution in [0.1, 0.15) is 49.9 Å². The minimum Gasteiger partial charge on any atom is -0.398 e. The molecule has 2 N–H and O–H groups in total. The van der Waals surface area contributed by atoms with Crippen LogP contribution in [-0.4, -0.2) is 0 Å². The quantitative estimate of drug-likeness (QED) is 0.214. The van der Waals surface area contributed by atoms with Crippen molar-refractivity contribution in [1.29, 1.82) is 0 Å². The molecule has 6 aromatic rings. The van der Waals surface area contributed by atoms with Crippen LogP contribution in [-0.2, 0) is 10.8 Å². The predicted molar refractivity (Wildman–Crippen MR) is 186 cm³/mol. The lowest BCUT2D eigenvalue weighted by Gasteiger charge is -2.33. The monoisotopic (exact) mass is 568 g/mol. The van der Waals surface area contributed by atoms with Crippen LogP contribution in [0.25, 0.3) is 33.4 Å². The SMILES string of the molecule is CC1(C)c2ccccc2-c2ccc(N(c3ccccc3)c3cccc4c3C(C)(C)c3cc(-c5ccccc5N)ccc3-4)cc21. The Balaban J connectivity index is 1.32. The molecule has 0 heterocycles. The van der Waals surface area contributed by atoms with E-state index < -0.39 is 0 Å². The maximum Gasteiger partial charge on any atom is 0.0508 e. The van der Waals surface area contributed by atoms with Gasteiger partial charge in [-0.3, -0.25) is 0 Å². The summed E-state index contributed by atoms with van der Waals surface area (Å²) >= 11 is 0. The molecule has 2 nitrogen and oxygen atoms in total. The molecule has 6 aromatic carbocycles. The predicted octanol–water partition coefficient (Wildman–Crippen LogP) is 11.0. The average Bonchev–Trinajstić information content (AvgIpc) is 3.41.